The highest BCUT2D eigenvalue weighted by molar-refractivity contribution is 5.21. The van der Waals surface area contributed by atoms with Crippen LogP contribution in [0.5, 0.6) is 0 Å². The zero-order valence-corrected chi connectivity index (χ0v) is 9.80. The lowest BCUT2D eigenvalue weighted by molar-refractivity contribution is 0.677. The van der Waals surface area contributed by atoms with Crippen molar-refractivity contribution < 1.29 is 0 Å². The van der Waals surface area contributed by atoms with Crippen molar-refractivity contribution in [1.29, 1.82) is 0 Å². The molecule has 5 heteroatoms. The summed E-state index contributed by atoms with van der Waals surface area (Å²) in [5.41, 5.74) is 2.19. The van der Waals surface area contributed by atoms with Crippen LogP contribution in [0.4, 0.5) is 0 Å². The molecule has 5 nitrogen and oxygen atoms in total. The van der Waals surface area contributed by atoms with E-state index in [1.165, 1.54) is 18.4 Å². The summed E-state index contributed by atoms with van der Waals surface area (Å²) in [5.74, 6) is 0.676. The fourth-order valence-corrected chi connectivity index (χ4v) is 1.70. The van der Waals surface area contributed by atoms with E-state index in [1.807, 2.05) is 23.9 Å². The number of hydrogen-bond donors (Lipinski definition) is 1. The van der Waals surface area contributed by atoms with Crippen molar-refractivity contribution in [3.05, 3.63) is 36.2 Å². The van der Waals surface area contributed by atoms with E-state index >= 15 is 0 Å². The Morgan fingerprint density at radius 2 is 2.35 bits per heavy atom. The van der Waals surface area contributed by atoms with E-state index in [9.17, 15) is 0 Å². The first kappa shape index (κ1) is 10.4. The average Bonchev–Trinajstić information content (AvgIpc) is 3.00. The zero-order valence-electron chi connectivity index (χ0n) is 9.80. The van der Waals surface area contributed by atoms with E-state index in [0.717, 1.165) is 12.2 Å². The van der Waals surface area contributed by atoms with Gasteiger partial charge in [-0.15, -0.1) is 0 Å². The monoisotopic (exact) mass is 229 g/mol. The maximum absolute atomic E-state index is 4.49. The molecule has 0 saturated heterocycles. The van der Waals surface area contributed by atoms with E-state index in [2.05, 4.69) is 20.3 Å². The van der Waals surface area contributed by atoms with Gasteiger partial charge in [0.2, 0.25) is 5.95 Å². The Hall–Kier alpha value is -1.75. The molecule has 1 N–H and O–H groups in total. The predicted octanol–water partition coefficient (Wildman–Crippen LogP) is 1.22. The highest BCUT2D eigenvalue weighted by Crippen LogP contribution is 2.19. The van der Waals surface area contributed by atoms with Crippen LogP contribution in [0.25, 0.3) is 5.95 Å². The van der Waals surface area contributed by atoms with Crippen LogP contribution < -0.4 is 5.32 Å². The van der Waals surface area contributed by atoms with Crippen LogP contribution in [0.2, 0.25) is 0 Å². The number of hydrogen-bond acceptors (Lipinski definition) is 4. The van der Waals surface area contributed by atoms with Gasteiger partial charge >= 0.3 is 0 Å². The van der Waals surface area contributed by atoms with Crippen LogP contribution in [-0.2, 0) is 6.54 Å². The second kappa shape index (κ2) is 4.25. The minimum Gasteiger partial charge on any atom is -0.310 e. The van der Waals surface area contributed by atoms with Crippen LogP contribution in [0.15, 0.2) is 24.9 Å². The maximum atomic E-state index is 4.49. The summed E-state index contributed by atoms with van der Waals surface area (Å²) in [6.45, 7) is 2.88. The van der Waals surface area contributed by atoms with E-state index in [1.54, 1.807) is 12.5 Å². The van der Waals surface area contributed by atoms with Crippen molar-refractivity contribution in [3.8, 4) is 5.95 Å². The smallest absolute Gasteiger partial charge is 0.235 e. The van der Waals surface area contributed by atoms with Crippen LogP contribution in [-0.4, -0.2) is 25.6 Å². The Bertz CT molecular complexity index is 502. The summed E-state index contributed by atoms with van der Waals surface area (Å²) in [6, 6.07) is 0.711. The second-order valence-corrected chi connectivity index (χ2v) is 4.41. The molecule has 0 aromatic carbocycles. The fourth-order valence-electron chi connectivity index (χ4n) is 1.70. The number of aromatic nitrogens is 4. The van der Waals surface area contributed by atoms with Gasteiger partial charge in [-0.2, -0.15) is 0 Å². The average molecular weight is 229 g/mol. The Kier molecular flexibility index (Phi) is 2.60. The summed E-state index contributed by atoms with van der Waals surface area (Å²) in [4.78, 5) is 12.8. The third kappa shape index (κ3) is 2.34. The molecule has 2 heterocycles. The topological polar surface area (TPSA) is 55.6 Å². The largest absolute Gasteiger partial charge is 0.310 e. The van der Waals surface area contributed by atoms with Crippen LogP contribution in [0.3, 0.4) is 0 Å². The van der Waals surface area contributed by atoms with Gasteiger partial charge < -0.3 is 5.32 Å². The molecule has 1 saturated carbocycles. The molecule has 1 fully saturated rings. The summed E-state index contributed by atoms with van der Waals surface area (Å²) in [7, 11) is 0. The highest BCUT2D eigenvalue weighted by Gasteiger charge is 2.20. The standard InChI is InChI=1S/C12H15N5/c1-9-10(6-14-11-2-3-11)7-15-12(16-9)17-5-4-13-8-17/h4-5,7-8,11,14H,2-3,6H2,1H3. The molecule has 88 valence electrons. The van der Waals surface area contributed by atoms with Gasteiger partial charge in [-0.3, -0.25) is 4.57 Å². The SMILES string of the molecule is Cc1nc(-n2ccnc2)ncc1CNC1CC1. The van der Waals surface area contributed by atoms with Crippen LogP contribution >= 0.6 is 0 Å². The number of nitrogens with zero attached hydrogens (tertiary/aromatic N) is 4. The number of rotatable bonds is 4. The zero-order chi connectivity index (χ0) is 11.7. The molecule has 0 aliphatic heterocycles. The molecule has 2 aromatic rings. The lowest BCUT2D eigenvalue weighted by Gasteiger charge is -2.07. The van der Waals surface area contributed by atoms with Gasteiger partial charge in [0.25, 0.3) is 0 Å². The summed E-state index contributed by atoms with van der Waals surface area (Å²) < 4.78 is 1.81. The maximum Gasteiger partial charge on any atom is 0.235 e. The second-order valence-electron chi connectivity index (χ2n) is 4.41. The molecule has 2 aromatic heterocycles. The minimum atomic E-state index is 0.676. The van der Waals surface area contributed by atoms with Crippen molar-refractivity contribution in [2.24, 2.45) is 0 Å². The van der Waals surface area contributed by atoms with Crippen molar-refractivity contribution in [1.82, 2.24) is 24.8 Å². The Morgan fingerprint density at radius 1 is 1.47 bits per heavy atom. The molecular formula is C12H15N5. The quantitative estimate of drug-likeness (QED) is 0.856. The molecule has 17 heavy (non-hydrogen) atoms. The summed E-state index contributed by atoms with van der Waals surface area (Å²) in [6.07, 6.45) is 9.77. The van der Waals surface area contributed by atoms with E-state index in [0.29, 0.717) is 12.0 Å². The molecule has 0 unspecified atom stereocenters. The first-order chi connectivity index (χ1) is 8.33. The highest BCUT2D eigenvalue weighted by atomic mass is 15.2. The summed E-state index contributed by atoms with van der Waals surface area (Å²) in [5, 5.41) is 3.47. The Balaban J connectivity index is 1.78. The Morgan fingerprint density at radius 3 is 3.00 bits per heavy atom. The number of imidazole rings is 1. The van der Waals surface area contributed by atoms with Crippen LogP contribution in [0.1, 0.15) is 24.1 Å². The molecule has 0 bridgehead atoms. The van der Waals surface area contributed by atoms with Gasteiger partial charge in [0, 0.05) is 42.4 Å². The lowest BCUT2D eigenvalue weighted by atomic mass is 10.2. The Labute approximate surface area is 99.9 Å². The van der Waals surface area contributed by atoms with Gasteiger partial charge in [0.15, 0.2) is 0 Å². The van der Waals surface area contributed by atoms with E-state index < -0.39 is 0 Å². The third-order valence-corrected chi connectivity index (χ3v) is 2.96. The summed E-state index contributed by atoms with van der Waals surface area (Å²) >= 11 is 0. The first-order valence-corrected chi connectivity index (χ1v) is 5.87. The fraction of sp³-hybridized carbons (Fsp3) is 0.417. The molecule has 0 spiro atoms. The normalized spacial score (nSPS) is 15.1. The molecule has 0 radical (unpaired) electrons. The van der Waals surface area contributed by atoms with Crippen molar-refractivity contribution in [2.45, 2.75) is 32.4 Å². The van der Waals surface area contributed by atoms with Gasteiger partial charge in [-0.25, -0.2) is 15.0 Å². The van der Waals surface area contributed by atoms with Gasteiger partial charge in [-0.1, -0.05) is 0 Å². The first-order valence-electron chi connectivity index (χ1n) is 5.87. The van der Waals surface area contributed by atoms with Crippen molar-refractivity contribution >= 4 is 0 Å². The van der Waals surface area contributed by atoms with E-state index in [4.69, 9.17) is 0 Å². The predicted molar refractivity (Wildman–Crippen MR) is 63.8 cm³/mol. The van der Waals surface area contributed by atoms with Gasteiger partial charge in [0.1, 0.15) is 6.33 Å². The number of nitrogens with one attached hydrogen (secondary N) is 1. The lowest BCUT2D eigenvalue weighted by Crippen LogP contribution is -2.17. The molecule has 3 rings (SSSR count). The van der Waals surface area contributed by atoms with Crippen molar-refractivity contribution in [3.63, 3.8) is 0 Å². The number of aryl methyl sites for hydroxylation is 1. The molecular weight excluding hydrogens is 214 g/mol. The van der Waals surface area contributed by atoms with Crippen LogP contribution in [0, 0.1) is 6.92 Å². The van der Waals surface area contributed by atoms with Crippen molar-refractivity contribution in [2.75, 3.05) is 0 Å². The molecule has 1 aliphatic carbocycles. The van der Waals surface area contributed by atoms with Gasteiger partial charge in [0.05, 0.1) is 0 Å². The minimum absolute atomic E-state index is 0.676. The van der Waals surface area contributed by atoms with Gasteiger partial charge in [-0.05, 0) is 19.8 Å². The molecule has 0 amide bonds. The molecule has 1 aliphatic rings. The molecule has 0 atom stereocenters. The van der Waals surface area contributed by atoms with E-state index in [-0.39, 0.29) is 0 Å². The third-order valence-electron chi connectivity index (χ3n) is 2.96.